The van der Waals surface area contributed by atoms with E-state index in [1.165, 1.54) is 12.1 Å². The lowest BCUT2D eigenvalue weighted by Gasteiger charge is -2.18. The molecule has 1 amide bonds. The Morgan fingerprint density at radius 1 is 1.18 bits per heavy atom. The van der Waals surface area contributed by atoms with E-state index in [0.717, 1.165) is 22.4 Å². The van der Waals surface area contributed by atoms with Crippen LogP contribution in [-0.2, 0) is 7.05 Å². The Labute approximate surface area is 189 Å². The van der Waals surface area contributed by atoms with E-state index in [9.17, 15) is 14.3 Å². The Hall–Kier alpha value is -4.11. The molecule has 0 fully saturated rings. The normalized spacial score (nSPS) is 11.9. The van der Waals surface area contributed by atoms with E-state index in [0.29, 0.717) is 11.1 Å². The zero-order chi connectivity index (χ0) is 23.5. The number of carbonyl (C=O) groups is 1. The number of nitrogen functional groups attached to an aromatic ring is 1. The highest BCUT2D eigenvalue weighted by molar-refractivity contribution is 5.95. The number of amides is 1. The number of nitrogens with one attached hydrogen (secondary N) is 1. The first kappa shape index (κ1) is 22.1. The average Bonchev–Trinajstić information content (AvgIpc) is 3.23. The summed E-state index contributed by atoms with van der Waals surface area (Å²) < 4.78 is 16.6. The summed E-state index contributed by atoms with van der Waals surface area (Å²) >= 11 is 0. The molecule has 8 nitrogen and oxygen atoms in total. The number of halogens is 1. The zero-order valence-corrected chi connectivity index (χ0v) is 18.2. The van der Waals surface area contributed by atoms with Gasteiger partial charge in [0.05, 0.1) is 30.1 Å². The molecule has 0 aliphatic carbocycles. The summed E-state index contributed by atoms with van der Waals surface area (Å²) in [4.78, 5) is 16.9. The van der Waals surface area contributed by atoms with Crippen molar-refractivity contribution in [3.05, 3.63) is 83.4 Å². The van der Waals surface area contributed by atoms with Crippen molar-refractivity contribution in [1.82, 2.24) is 25.3 Å². The molecule has 0 radical (unpaired) electrons. The van der Waals surface area contributed by atoms with Crippen LogP contribution in [0.15, 0.2) is 60.9 Å². The number of rotatable bonds is 6. The number of anilines is 1. The van der Waals surface area contributed by atoms with Crippen molar-refractivity contribution in [2.75, 3.05) is 12.3 Å². The molecule has 2 aromatic carbocycles. The van der Waals surface area contributed by atoms with Gasteiger partial charge in [-0.2, -0.15) is 0 Å². The third kappa shape index (κ3) is 4.58. The number of aliphatic hydroxyl groups is 1. The monoisotopic (exact) mass is 446 g/mol. The van der Waals surface area contributed by atoms with Gasteiger partial charge in [0, 0.05) is 24.4 Å². The number of carbonyl (C=O) groups excluding carboxylic acids is 1. The van der Waals surface area contributed by atoms with Crippen molar-refractivity contribution in [3.8, 4) is 22.4 Å². The van der Waals surface area contributed by atoms with Gasteiger partial charge in [0.1, 0.15) is 11.6 Å². The molecular weight excluding hydrogens is 423 g/mol. The summed E-state index contributed by atoms with van der Waals surface area (Å²) in [6.07, 6.45) is 3.19. The fourth-order valence-corrected chi connectivity index (χ4v) is 3.62. The fourth-order valence-electron chi connectivity index (χ4n) is 3.62. The highest BCUT2D eigenvalue weighted by atomic mass is 19.1. The quantitative estimate of drug-likeness (QED) is 0.419. The van der Waals surface area contributed by atoms with Crippen LogP contribution >= 0.6 is 0 Å². The van der Waals surface area contributed by atoms with Crippen LogP contribution in [0, 0.1) is 12.7 Å². The van der Waals surface area contributed by atoms with E-state index >= 15 is 0 Å². The summed E-state index contributed by atoms with van der Waals surface area (Å²) in [6.45, 7) is 1.60. The minimum atomic E-state index is -0.710. The van der Waals surface area contributed by atoms with Gasteiger partial charge in [0.15, 0.2) is 0 Å². The van der Waals surface area contributed by atoms with E-state index < -0.39 is 17.8 Å². The smallest absolute Gasteiger partial charge is 0.254 e. The molecule has 0 bridgehead atoms. The van der Waals surface area contributed by atoms with Crippen LogP contribution in [0.25, 0.3) is 22.4 Å². The molecule has 9 heteroatoms. The number of benzene rings is 2. The highest BCUT2D eigenvalue weighted by Gasteiger charge is 2.19. The maximum absolute atomic E-state index is 15.0. The summed E-state index contributed by atoms with van der Waals surface area (Å²) in [6, 6.07) is 12.8. The summed E-state index contributed by atoms with van der Waals surface area (Å²) in [5.41, 5.74) is 10.1. The molecule has 4 aromatic rings. The van der Waals surface area contributed by atoms with E-state index in [4.69, 9.17) is 5.73 Å². The summed E-state index contributed by atoms with van der Waals surface area (Å²) in [5.74, 6) is -1.11. The Bertz CT molecular complexity index is 1320. The molecule has 168 valence electrons. The first-order chi connectivity index (χ1) is 15.9. The molecule has 4 N–H and O–H groups in total. The molecule has 0 unspecified atom stereocenters. The van der Waals surface area contributed by atoms with E-state index in [2.05, 4.69) is 20.6 Å². The molecule has 2 aromatic heterocycles. The van der Waals surface area contributed by atoms with Crippen LogP contribution in [0.1, 0.15) is 27.5 Å². The van der Waals surface area contributed by atoms with Crippen molar-refractivity contribution in [2.24, 2.45) is 7.05 Å². The van der Waals surface area contributed by atoms with Gasteiger partial charge < -0.3 is 16.2 Å². The molecule has 4 rings (SSSR count). The van der Waals surface area contributed by atoms with Crippen molar-refractivity contribution in [2.45, 2.75) is 13.0 Å². The van der Waals surface area contributed by atoms with Gasteiger partial charge in [-0.05, 0) is 36.2 Å². The Morgan fingerprint density at radius 3 is 2.67 bits per heavy atom. The number of hydrogen-bond donors (Lipinski definition) is 3. The molecular formula is C24H23FN6O2. The number of pyridine rings is 1. The molecule has 0 aliphatic rings. The van der Waals surface area contributed by atoms with Gasteiger partial charge >= 0.3 is 0 Å². The van der Waals surface area contributed by atoms with E-state index in [-0.39, 0.29) is 18.0 Å². The molecule has 1 atom stereocenters. The lowest BCUT2D eigenvalue weighted by atomic mass is 10.0. The SMILES string of the molecule is Cc1cccc([C@@H](CO)NC(=O)c2ccc(-c3cc(-c4cnnn4C)cnc3N)cc2F)c1. The van der Waals surface area contributed by atoms with Crippen molar-refractivity contribution in [1.29, 1.82) is 0 Å². The maximum atomic E-state index is 15.0. The van der Waals surface area contributed by atoms with Crippen LogP contribution in [-0.4, -0.2) is 37.6 Å². The van der Waals surface area contributed by atoms with E-state index in [1.807, 2.05) is 25.1 Å². The van der Waals surface area contributed by atoms with Crippen LogP contribution < -0.4 is 11.1 Å². The topological polar surface area (TPSA) is 119 Å². The lowest BCUT2D eigenvalue weighted by Crippen LogP contribution is -2.31. The number of aryl methyl sites for hydroxylation is 2. The van der Waals surface area contributed by atoms with Crippen molar-refractivity contribution >= 4 is 11.7 Å². The Balaban J connectivity index is 1.61. The largest absolute Gasteiger partial charge is 0.394 e. The zero-order valence-electron chi connectivity index (χ0n) is 18.2. The van der Waals surface area contributed by atoms with Crippen LogP contribution in [0.2, 0.25) is 0 Å². The summed E-state index contributed by atoms with van der Waals surface area (Å²) in [7, 11) is 1.75. The minimum Gasteiger partial charge on any atom is -0.394 e. The molecule has 0 saturated heterocycles. The van der Waals surface area contributed by atoms with Crippen LogP contribution in [0.4, 0.5) is 10.2 Å². The van der Waals surface area contributed by atoms with Gasteiger partial charge in [-0.25, -0.2) is 14.1 Å². The molecule has 0 spiro atoms. The maximum Gasteiger partial charge on any atom is 0.254 e. The van der Waals surface area contributed by atoms with Gasteiger partial charge in [0.25, 0.3) is 5.91 Å². The second-order valence-electron chi connectivity index (χ2n) is 7.72. The molecule has 33 heavy (non-hydrogen) atoms. The number of hydrogen-bond acceptors (Lipinski definition) is 6. The number of aromatic nitrogens is 4. The number of nitrogens with zero attached hydrogens (tertiary/aromatic N) is 4. The van der Waals surface area contributed by atoms with Gasteiger partial charge in [-0.3, -0.25) is 4.79 Å². The first-order valence-corrected chi connectivity index (χ1v) is 10.3. The minimum absolute atomic E-state index is 0.136. The molecule has 0 saturated carbocycles. The lowest BCUT2D eigenvalue weighted by molar-refractivity contribution is 0.0912. The van der Waals surface area contributed by atoms with Crippen LogP contribution in [0.5, 0.6) is 0 Å². The van der Waals surface area contributed by atoms with E-state index in [1.54, 1.807) is 42.3 Å². The molecule has 0 aliphatic heterocycles. The average molecular weight is 446 g/mol. The molecule has 2 heterocycles. The van der Waals surface area contributed by atoms with Gasteiger partial charge in [-0.15, -0.1) is 5.10 Å². The number of nitrogens with two attached hydrogens (primary N) is 1. The van der Waals surface area contributed by atoms with Gasteiger partial charge in [-0.1, -0.05) is 41.1 Å². The second kappa shape index (κ2) is 9.17. The third-order valence-corrected chi connectivity index (χ3v) is 5.39. The number of aliphatic hydroxyl groups excluding tert-OH is 1. The van der Waals surface area contributed by atoms with Gasteiger partial charge in [0.2, 0.25) is 0 Å². The predicted octanol–water partition coefficient (Wildman–Crippen LogP) is 3.04. The first-order valence-electron chi connectivity index (χ1n) is 10.3. The van der Waals surface area contributed by atoms with Crippen LogP contribution in [0.3, 0.4) is 0 Å². The third-order valence-electron chi connectivity index (χ3n) is 5.39. The van der Waals surface area contributed by atoms with Crippen molar-refractivity contribution in [3.63, 3.8) is 0 Å². The highest BCUT2D eigenvalue weighted by Crippen LogP contribution is 2.30. The summed E-state index contributed by atoms with van der Waals surface area (Å²) in [5, 5.41) is 20.2. The predicted molar refractivity (Wildman–Crippen MR) is 123 cm³/mol. The second-order valence-corrected chi connectivity index (χ2v) is 7.72. The standard InChI is InChI=1S/C24H23FN6O2/c1-14-4-3-5-16(8-14)21(13-32)29-24(33)18-7-6-15(10-20(18)25)19-9-17(11-27-23(19)26)22-12-28-30-31(22)2/h3-12,21,32H,13H2,1-2H3,(H2,26,27)(H,29,33)/t21-/m1/s1. The van der Waals surface area contributed by atoms with Crippen molar-refractivity contribution < 1.29 is 14.3 Å². The Morgan fingerprint density at radius 2 is 2.00 bits per heavy atom. The Kier molecular flexibility index (Phi) is 6.14. The fraction of sp³-hybridized carbons (Fsp3) is 0.167.